The van der Waals surface area contributed by atoms with Gasteiger partial charge in [0.15, 0.2) is 0 Å². The predicted molar refractivity (Wildman–Crippen MR) is 173 cm³/mol. The fourth-order valence-electron chi connectivity index (χ4n) is 7.07. The maximum absolute atomic E-state index is 13.8. The van der Waals surface area contributed by atoms with E-state index in [-0.39, 0.29) is 36.6 Å². The van der Waals surface area contributed by atoms with Gasteiger partial charge in [0.2, 0.25) is 5.78 Å². The zero-order valence-electron chi connectivity index (χ0n) is 27.7. The Balaban J connectivity index is 1.61. The molecule has 1 saturated heterocycles. The smallest absolute Gasteiger partial charge is 0.329 e. The molecule has 4 unspecified atom stereocenters. The molecular formula is C37H50N2O7. The monoisotopic (exact) mass is 634 g/mol. The maximum atomic E-state index is 13.8. The summed E-state index contributed by atoms with van der Waals surface area (Å²) in [5, 5.41) is 0. The van der Waals surface area contributed by atoms with E-state index in [1.54, 1.807) is 25.4 Å². The Kier molecular flexibility index (Phi) is 12.5. The second-order valence-electron chi connectivity index (χ2n) is 13.8. The topological polar surface area (TPSA) is 120 Å². The first kappa shape index (κ1) is 35.2. The molecule has 1 aromatic rings. The molecule has 2 fully saturated rings. The minimum Gasteiger partial charge on any atom is -0.465 e. The number of amides is 1. The number of ether oxygens (including phenoxy) is 2. The van der Waals surface area contributed by atoms with Crippen molar-refractivity contribution in [1.29, 1.82) is 0 Å². The zero-order valence-corrected chi connectivity index (χ0v) is 27.7. The van der Waals surface area contributed by atoms with Crippen LogP contribution in [0, 0.1) is 23.2 Å². The highest BCUT2D eigenvalue weighted by molar-refractivity contribution is 6.38. The minimum atomic E-state index is -1.000. The van der Waals surface area contributed by atoms with E-state index >= 15 is 0 Å². The zero-order chi connectivity index (χ0) is 33.3. The second kappa shape index (κ2) is 16.3. The molecular weight excluding hydrogens is 584 g/mol. The standard InChI is InChI=1S/C37H50N2O7/c1-5-9-28-22-25(2)17-21-45-35(43)29-16-18-37(4,23-29)33(41)34(42)39-20-7-6-11-30(39)36(44)46-32(26(3)12-14-31(28)40)15-13-27-10-8-19-38-24-27/h5,8,10,19,22,24,26,28-30,32H,1,6-7,9,11-18,20-21,23H2,2-4H3/b25-22+/t26?,28?,29?,30-,32?,37-/m0/s1. The number of piperidine rings is 1. The van der Waals surface area contributed by atoms with Crippen LogP contribution < -0.4 is 0 Å². The van der Waals surface area contributed by atoms with E-state index in [4.69, 9.17) is 9.47 Å². The third-order valence-electron chi connectivity index (χ3n) is 10.1. The molecule has 2 aliphatic heterocycles. The van der Waals surface area contributed by atoms with Crippen molar-refractivity contribution in [3.05, 3.63) is 54.4 Å². The van der Waals surface area contributed by atoms with Crippen molar-refractivity contribution in [1.82, 2.24) is 9.88 Å². The van der Waals surface area contributed by atoms with Crippen LogP contribution in [0.2, 0.25) is 0 Å². The van der Waals surface area contributed by atoms with Crippen molar-refractivity contribution in [2.45, 2.75) is 110 Å². The number of aromatic nitrogens is 1. The SMILES string of the molecule is C=CCC1/C=C(\C)CCOC(=O)C2CC[C@@](C)(C2)C(=O)C(=O)N2CCCC[C@H]2C(=O)OC(CCc2cccnc2)C(C)CCC1=O. The number of Topliss-reactive ketones (excluding diaryl/α,β-unsaturated/α-hetero) is 2. The van der Waals surface area contributed by atoms with Crippen LogP contribution in [0.1, 0.15) is 97.0 Å². The molecule has 0 radical (unpaired) electrons. The van der Waals surface area contributed by atoms with Gasteiger partial charge < -0.3 is 14.4 Å². The Hall–Kier alpha value is -3.62. The van der Waals surface area contributed by atoms with Gasteiger partial charge in [0.05, 0.1) is 12.5 Å². The molecule has 6 atom stereocenters. The van der Waals surface area contributed by atoms with E-state index in [0.29, 0.717) is 70.8 Å². The average Bonchev–Trinajstić information content (AvgIpc) is 3.47. The summed E-state index contributed by atoms with van der Waals surface area (Å²) < 4.78 is 11.8. The first-order chi connectivity index (χ1) is 22.0. The first-order valence-electron chi connectivity index (χ1n) is 16.9. The van der Waals surface area contributed by atoms with Crippen LogP contribution in [0.4, 0.5) is 0 Å². The normalized spacial score (nSPS) is 32.0. The molecule has 250 valence electrons. The van der Waals surface area contributed by atoms with Gasteiger partial charge in [0.25, 0.3) is 5.91 Å². The summed E-state index contributed by atoms with van der Waals surface area (Å²) in [6, 6.07) is 2.99. The highest BCUT2D eigenvalue weighted by Gasteiger charge is 2.49. The van der Waals surface area contributed by atoms with Gasteiger partial charge in [-0.3, -0.25) is 24.2 Å². The molecule has 4 rings (SSSR count). The maximum Gasteiger partial charge on any atom is 0.329 e. The van der Waals surface area contributed by atoms with Gasteiger partial charge in [0, 0.05) is 43.1 Å². The molecule has 1 aromatic heterocycles. The van der Waals surface area contributed by atoms with Gasteiger partial charge in [0.1, 0.15) is 17.9 Å². The Morgan fingerprint density at radius 2 is 1.89 bits per heavy atom. The van der Waals surface area contributed by atoms with E-state index in [0.717, 1.165) is 17.6 Å². The molecule has 0 N–H and O–H groups in total. The van der Waals surface area contributed by atoms with E-state index in [1.165, 1.54) is 4.90 Å². The fourth-order valence-corrected chi connectivity index (χ4v) is 7.07. The van der Waals surface area contributed by atoms with E-state index < -0.39 is 41.1 Å². The summed E-state index contributed by atoms with van der Waals surface area (Å²) in [5.41, 5.74) is 0.964. The molecule has 1 aliphatic carbocycles. The number of pyridine rings is 1. The molecule has 9 nitrogen and oxygen atoms in total. The minimum absolute atomic E-state index is 0.0825. The number of carbonyl (C=O) groups excluding carboxylic acids is 5. The number of fused-ring (bicyclic) bond motifs is 3. The van der Waals surface area contributed by atoms with E-state index in [2.05, 4.69) is 11.6 Å². The van der Waals surface area contributed by atoms with E-state index in [9.17, 15) is 24.0 Å². The summed E-state index contributed by atoms with van der Waals surface area (Å²) in [7, 11) is 0. The van der Waals surface area contributed by atoms with Gasteiger partial charge in [-0.25, -0.2) is 4.79 Å². The van der Waals surface area contributed by atoms with Crippen LogP contribution in [0.15, 0.2) is 48.8 Å². The number of hydrogen-bond acceptors (Lipinski definition) is 8. The molecule has 0 aromatic carbocycles. The number of esters is 2. The Bertz CT molecular complexity index is 1310. The number of cyclic esters (lactones) is 2. The Morgan fingerprint density at radius 3 is 2.63 bits per heavy atom. The molecule has 3 aliphatic rings. The number of aryl methyl sites for hydroxylation is 1. The fraction of sp³-hybridized carbons (Fsp3) is 0.622. The molecule has 9 heteroatoms. The third kappa shape index (κ3) is 9.01. The quantitative estimate of drug-likeness (QED) is 0.228. The van der Waals surface area contributed by atoms with Crippen LogP contribution in [0.5, 0.6) is 0 Å². The Morgan fingerprint density at radius 1 is 1.09 bits per heavy atom. The highest BCUT2D eigenvalue weighted by Crippen LogP contribution is 2.43. The first-order valence-corrected chi connectivity index (χ1v) is 16.9. The van der Waals surface area contributed by atoms with Crippen LogP contribution in [-0.4, -0.2) is 64.6 Å². The number of ketones is 2. The third-order valence-corrected chi connectivity index (χ3v) is 10.1. The van der Waals surface area contributed by atoms with Gasteiger partial charge >= 0.3 is 11.9 Å². The molecule has 1 amide bonds. The van der Waals surface area contributed by atoms with Crippen LogP contribution in [-0.2, 0) is 39.9 Å². The number of allylic oxidation sites excluding steroid dienone is 2. The van der Waals surface area contributed by atoms with Crippen molar-refractivity contribution in [3.63, 3.8) is 0 Å². The lowest BCUT2D eigenvalue weighted by Gasteiger charge is -2.36. The number of nitrogens with zero attached hydrogens (tertiary/aromatic N) is 2. The summed E-state index contributed by atoms with van der Waals surface area (Å²) >= 11 is 0. The lowest BCUT2D eigenvalue weighted by molar-refractivity contribution is -0.166. The molecule has 2 bridgehead atoms. The summed E-state index contributed by atoms with van der Waals surface area (Å²) in [4.78, 5) is 73.2. The van der Waals surface area contributed by atoms with Crippen molar-refractivity contribution in [3.8, 4) is 0 Å². The van der Waals surface area contributed by atoms with Crippen molar-refractivity contribution < 1.29 is 33.4 Å². The van der Waals surface area contributed by atoms with Crippen molar-refractivity contribution >= 4 is 29.4 Å². The molecule has 1 saturated carbocycles. The van der Waals surface area contributed by atoms with Gasteiger partial charge in [-0.15, -0.1) is 6.58 Å². The molecule has 3 heterocycles. The summed E-state index contributed by atoms with van der Waals surface area (Å²) in [6.45, 7) is 9.98. The van der Waals surface area contributed by atoms with E-state index in [1.807, 2.05) is 32.1 Å². The van der Waals surface area contributed by atoms with Gasteiger partial charge in [-0.1, -0.05) is 37.6 Å². The lowest BCUT2D eigenvalue weighted by Crippen LogP contribution is -2.53. The second-order valence-corrected chi connectivity index (χ2v) is 13.8. The molecule has 0 spiro atoms. The number of rotatable bonds is 5. The van der Waals surface area contributed by atoms with Gasteiger partial charge in [-0.2, -0.15) is 0 Å². The van der Waals surface area contributed by atoms with Crippen LogP contribution in [0.3, 0.4) is 0 Å². The van der Waals surface area contributed by atoms with Crippen LogP contribution >= 0.6 is 0 Å². The summed E-state index contributed by atoms with van der Waals surface area (Å²) in [5.74, 6) is -2.97. The van der Waals surface area contributed by atoms with Crippen LogP contribution in [0.25, 0.3) is 0 Å². The van der Waals surface area contributed by atoms with Crippen molar-refractivity contribution in [2.24, 2.45) is 23.2 Å². The summed E-state index contributed by atoms with van der Waals surface area (Å²) in [6.07, 6.45) is 12.6. The highest BCUT2D eigenvalue weighted by atomic mass is 16.5. The number of carbonyl (C=O) groups is 5. The van der Waals surface area contributed by atoms with Crippen molar-refractivity contribution in [2.75, 3.05) is 13.2 Å². The number of hydrogen-bond donors (Lipinski definition) is 0. The lowest BCUT2D eigenvalue weighted by atomic mass is 9.82. The van der Waals surface area contributed by atoms with Gasteiger partial charge in [-0.05, 0) is 88.7 Å². The average molecular weight is 635 g/mol. The Labute approximate surface area is 273 Å². The largest absolute Gasteiger partial charge is 0.465 e. The predicted octanol–water partition coefficient (Wildman–Crippen LogP) is 5.75. The molecule has 46 heavy (non-hydrogen) atoms.